The van der Waals surface area contributed by atoms with Crippen LogP contribution in [0.1, 0.15) is 0 Å². The highest BCUT2D eigenvalue weighted by atomic mass is 35.5. The number of halogens is 2. The third kappa shape index (κ3) is 1.81. The van der Waals surface area contributed by atoms with Gasteiger partial charge in [-0.1, -0.05) is 23.2 Å². The summed E-state index contributed by atoms with van der Waals surface area (Å²) >= 11 is 10.8. The van der Waals surface area contributed by atoms with Crippen molar-refractivity contribution in [3.05, 3.63) is 22.2 Å². The molecule has 0 aromatic heterocycles. The quantitative estimate of drug-likeness (QED) is 0.585. The van der Waals surface area contributed by atoms with E-state index in [0.29, 0.717) is 6.08 Å². The summed E-state index contributed by atoms with van der Waals surface area (Å²) in [5.74, 6) is 0. The fourth-order valence-electron chi connectivity index (χ4n) is 0.942. The van der Waals surface area contributed by atoms with E-state index in [1.165, 1.54) is 0 Å². The molecule has 14 heavy (non-hydrogen) atoms. The fraction of sp³-hybridized carbons (Fsp3) is 0.333. The first kappa shape index (κ1) is 12.0. The van der Waals surface area contributed by atoms with E-state index in [-0.39, 0.29) is 10.1 Å². The molecule has 0 aromatic rings. The number of aliphatic hydroxyl groups excluding tert-OH is 1. The van der Waals surface area contributed by atoms with Gasteiger partial charge in [-0.2, -0.15) is 8.42 Å². The Balaban J connectivity index is 3.34. The van der Waals surface area contributed by atoms with Gasteiger partial charge in [0.05, 0.1) is 5.03 Å². The Morgan fingerprint density at radius 1 is 1.43 bits per heavy atom. The van der Waals surface area contributed by atoms with Crippen LogP contribution in [0.3, 0.4) is 0 Å². The molecule has 0 spiro atoms. The van der Waals surface area contributed by atoms with E-state index in [0.717, 1.165) is 6.08 Å². The van der Waals surface area contributed by atoms with Crippen molar-refractivity contribution in [2.75, 3.05) is 0 Å². The summed E-state index contributed by atoms with van der Waals surface area (Å²) in [5.41, 5.74) is 0. The van der Waals surface area contributed by atoms with Crippen LogP contribution in [0.15, 0.2) is 22.2 Å². The minimum atomic E-state index is -4.92. The molecule has 5 nitrogen and oxygen atoms in total. The second-order valence-electron chi connectivity index (χ2n) is 2.69. The molecule has 0 bridgehead atoms. The third-order valence-corrected chi connectivity index (χ3v) is 3.39. The van der Waals surface area contributed by atoms with Crippen LogP contribution in [0.2, 0.25) is 0 Å². The molecule has 0 radical (unpaired) electrons. The van der Waals surface area contributed by atoms with Crippen molar-refractivity contribution < 1.29 is 23.2 Å². The molecule has 0 aromatic carbocycles. The summed E-state index contributed by atoms with van der Waals surface area (Å²) in [5, 5.41) is 18.1. The predicted molar refractivity (Wildman–Crippen MR) is 50.4 cm³/mol. The standard InChI is InChI=1S/C6H6Cl2O5S/c7-3-1-4(8)5(9)6(10,2-3)14(11,12)13/h1-2,5,9-10H,(H,11,12,13). The molecular formula is C6H6Cl2O5S. The Morgan fingerprint density at radius 2 is 1.93 bits per heavy atom. The number of hydrogen-bond donors (Lipinski definition) is 3. The van der Waals surface area contributed by atoms with Crippen molar-refractivity contribution in [3.8, 4) is 0 Å². The Kier molecular flexibility index (Phi) is 2.97. The zero-order valence-electron chi connectivity index (χ0n) is 6.55. The van der Waals surface area contributed by atoms with E-state index in [1.54, 1.807) is 0 Å². The van der Waals surface area contributed by atoms with Gasteiger partial charge in [-0.25, -0.2) is 0 Å². The molecule has 0 aliphatic heterocycles. The van der Waals surface area contributed by atoms with Gasteiger partial charge in [0, 0.05) is 5.03 Å². The van der Waals surface area contributed by atoms with Crippen LogP contribution >= 0.6 is 23.2 Å². The molecular weight excluding hydrogens is 255 g/mol. The van der Waals surface area contributed by atoms with Crippen LogP contribution in [-0.2, 0) is 10.1 Å². The minimum Gasteiger partial charge on any atom is -0.383 e. The molecule has 2 unspecified atom stereocenters. The average molecular weight is 261 g/mol. The van der Waals surface area contributed by atoms with Gasteiger partial charge in [-0.05, 0) is 12.2 Å². The number of allylic oxidation sites excluding steroid dienone is 2. The zero-order valence-corrected chi connectivity index (χ0v) is 8.88. The third-order valence-electron chi connectivity index (χ3n) is 1.69. The molecule has 0 heterocycles. The molecule has 2 atom stereocenters. The van der Waals surface area contributed by atoms with Gasteiger partial charge in [0.25, 0.3) is 0 Å². The molecule has 80 valence electrons. The molecule has 1 rings (SSSR count). The van der Waals surface area contributed by atoms with E-state index < -0.39 is 21.2 Å². The highest BCUT2D eigenvalue weighted by Gasteiger charge is 2.49. The summed E-state index contributed by atoms with van der Waals surface area (Å²) < 4.78 is 30.2. The highest BCUT2D eigenvalue weighted by molar-refractivity contribution is 7.87. The topological polar surface area (TPSA) is 94.8 Å². The van der Waals surface area contributed by atoms with Crippen LogP contribution in [0, 0.1) is 0 Å². The van der Waals surface area contributed by atoms with Gasteiger partial charge < -0.3 is 10.2 Å². The highest BCUT2D eigenvalue weighted by Crippen LogP contribution is 2.33. The maximum Gasteiger partial charge on any atom is 0.302 e. The SMILES string of the molecule is O=S(=O)(O)C1(O)C=C(Cl)C=C(Cl)C1O. The van der Waals surface area contributed by atoms with Gasteiger partial charge >= 0.3 is 10.1 Å². The van der Waals surface area contributed by atoms with Crippen LogP contribution in [-0.4, -0.2) is 34.2 Å². The van der Waals surface area contributed by atoms with Crippen molar-refractivity contribution in [1.29, 1.82) is 0 Å². The van der Waals surface area contributed by atoms with Crippen molar-refractivity contribution in [3.63, 3.8) is 0 Å². The molecule has 1 aliphatic rings. The second-order valence-corrected chi connectivity index (χ2v) is 5.16. The Labute approximate surface area is 90.0 Å². The largest absolute Gasteiger partial charge is 0.383 e. The molecule has 0 amide bonds. The van der Waals surface area contributed by atoms with E-state index in [4.69, 9.17) is 27.8 Å². The van der Waals surface area contributed by atoms with Crippen molar-refractivity contribution in [1.82, 2.24) is 0 Å². The lowest BCUT2D eigenvalue weighted by Crippen LogP contribution is -2.49. The summed E-state index contributed by atoms with van der Waals surface area (Å²) in [4.78, 5) is -2.89. The van der Waals surface area contributed by atoms with Gasteiger partial charge in [0.1, 0.15) is 6.10 Å². The van der Waals surface area contributed by atoms with Gasteiger partial charge in [-0.3, -0.25) is 4.55 Å². The molecule has 0 fully saturated rings. The molecule has 3 N–H and O–H groups in total. The van der Waals surface area contributed by atoms with Crippen molar-refractivity contribution in [2.24, 2.45) is 0 Å². The van der Waals surface area contributed by atoms with Crippen molar-refractivity contribution in [2.45, 2.75) is 11.0 Å². The lowest BCUT2D eigenvalue weighted by Gasteiger charge is -2.29. The number of hydrogen-bond acceptors (Lipinski definition) is 4. The predicted octanol–water partition coefficient (Wildman–Crippen LogP) is 0.183. The summed E-state index contributed by atoms with van der Waals surface area (Å²) in [6, 6.07) is 0. The smallest absolute Gasteiger partial charge is 0.302 e. The van der Waals surface area contributed by atoms with E-state index in [1.807, 2.05) is 0 Å². The van der Waals surface area contributed by atoms with Crippen LogP contribution in [0.25, 0.3) is 0 Å². The van der Waals surface area contributed by atoms with E-state index >= 15 is 0 Å². The molecule has 8 heteroatoms. The van der Waals surface area contributed by atoms with Gasteiger partial charge in [0.15, 0.2) is 0 Å². The molecule has 1 aliphatic carbocycles. The Bertz CT molecular complexity index is 412. The second kappa shape index (κ2) is 3.48. The number of rotatable bonds is 1. The first-order chi connectivity index (χ1) is 6.18. The maximum atomic E-state index is 10.8. The monoisotopic (exact) mass is 260 g/mol. The van der Waals surface area contributed by atoms with Crippen LogP contribution in [0.4, 0.5) is 0 Å². The summed E-state index contributed by atoms with van der Waals surface area (Å²) in [7, 11) is -4.92. The first-order valence-electron chi connectivity index (χ1n) is 3.31. The summed E-state index contributed by atoms with van der Waals surface area (Å²) in [6.07, 6.45) is -0.296. The van der Waals surface area contributed by atoms with Crippen LogP contribution in [0.5, 0.6) is 0 Å². The molecule has 0 saturated carbocycles. The summed E-state index contributed by atoms with van der Waals surface area (Å²) in [6.45, 7) is 0. The van der Waals surface area contributed by atoms with Gasteiger partial charge in [0.2, 0.25) is 4.93 Å². The maximum absolute atomic E-state index is 10.8. The average Bonchev–Trinajstić information content (AvgIpc) is 1.97. The van der Waals surface area contributed by atoms with Crippen molar-refractivity contribution >= 4 is 33.3 Å². The van der Waals surface area contributed by atoms with Gasteiger partial charge in [-0.15, -0.1) is 0 Å². The number of aliphatic hydroxyl groups is 2. The van der Waals surface area contributed by atoms with Crippen LogP contribution < -0.4 is 0 Å². The zero-order chi connectivity index (χ0) is 11.1. The Hall–Kier alpha value is -0.110. The Morgan fingerprint density at radius 3 is 2.36 bits per heavy atom. The fourth-order valence-corrected chi connectivity index (χ4v) is 2.38. The minimum absolute atomic E-state index is 0.194. The first-order valence-corrected chi connectivity index (χ1v) is 5.51. The van der Waals surface area contributed by atoms with E-state index in [9.17, 15) is 18.6 Å². The van der Waals surface area contributed by atoms with E-state index in [2.05, 4.69) is 0 Å². The lowest BCUT2D eigenvalue weighted by atomic mass is 10.1. The normalized spacial score (nSPS) is 33.6. The molecule has 0 saturated heterocycles. The lowest BCUT2D eigenvalue weighted by molar-refractivity contribution is 0.0367.